The minimum absolute atomic E-state index is 0.0217. The van der Waals surface area contributed by atoms with E-state index < -0.39 is 0 Å². The van der Waals surface area contributed by atoms with Crippen LogP contribution in [-0.2, 0) is 11.3 Å². The number of nitrogens with one attached hydrogen (secondary N) is 1. The van der Waals surface area contributed by atoms with Crippen molar-refractivity contribution in [2.75, 3.05) is 0 Å². The number of hydrogen-bond donors (Lipinski definition) is 1. The van der Waals surface area contributed by atoms with Crippen molar-refractivity contribution in [3.8, 4) is 0 Å². The van der Waals surface area contributed by atoms with E-state index in [2.05, 4.69) is 10.3 Å². The van der Waals surface area contributed by atoms with Crippen molar-refractivity contribution in [2.45, 2.75) is 32.9 Å². The number of thiophene rings is 1. The average Bonchev–Trinajstić information content (AvgIpc) is 3.09. The lowest BCUT2D eigenvalue weighted by Crippen LogP contribution is -2.29. The number of hydrogen-bond acceptors (Lipinski definition) is 4. The fraction of sp³-hybridized carbons (Fsp3) is 0.278. The highest BCUT2D eigenvalue weighted by Crippen LogP contribution is 2.18. The Bertz CT molecular complexity index is 916. The Morgan fingerprint density at radius 1 is 1.33 bits per heavy atom. The molecule has 0 saturated heterocycles. The Labute approximate surface area is 144 Å². The van der Waals surface area contributed by atoms with Crippen LogP contribution in [0.4, 0.5) is 0 Å². The number of fused-ring (bicyclic) bond motifs is 1. The van der Waals surface area contributed by atoms with Gasteiger partial charge >= 0.3 is 0 Å². The molecule has 2 aromatic heterocycles. The van der Waals surface area contributed by atoms with E-state index >= 15 is 0 Å². The van der Waals surface area contributed by atoms with E-state index in [1.54, 1.807) is 17.4 Å². The summed E-state index contributed by atoms with van der Waals surface area (Å²) in [4.78, 5) is 30.1. The zero-order chi connectivity index (χ0) is 17.1. The van der Waals surface area contributed by atoms with Gasteiger partial charge in [-0.15, -0.1) is 11.3 Å². The number of para-hydroxylation sites is 1. The molecule has 124 valence electrons. The first-order valence-electron chi connectivity index (χ1n) is 7.84. The maximum Gasteiger partial charge on any atom is 0.261 e. The molecule has 2 heterocycles. The highest BCUT2D eigenvalue weighted by molar-refractivity contribution is 7.10. The molecule has 0 fully saturated rings. The third kappa shape index (κ3) is 3.38. The van der Waals surface area contributed by atoms with Gasteiger partial charge in [0.2, 0.25) is 5.91 Å². The highest BCUT2D eigenvalue weighted by Gasteiger charge is 2.11. The summed E-state index contributed by atoms with van der Waals surface area (Å²) in [6, 6.07) is 9.49. The molecule has 1 aromatic carbocycles. The summed E-state index contributed by atoms with van der Waals surface area (Å²) in [6.45, 7) is 4.20. The number of rotatable bonds is 5. The van der Waals surface area contributed by atoms with Crippen LogP contribution >= 0.6 is 11.3 Å². The van der Waals surface area contributed by atoms with Crippen LogP contribution in [0.3, 0.4) is 0 Å². The van der Waals surface area contributed by atoms with E-state index in [4.69, 9.17) is 0 Å². The lowest BCUT2D eigenvalue weighted by molar-refractivity contribution is -0.121. The van der Waals surface area contributed by atoms with Gasteiger partial charge in [0.15, 0.2) is 0 Å². The molecule has 0 aliphatic rings. The molecule has 1 atom stereocenters. The third-order valence-corrected chi connectivity index (χ3v) is 5.04. The number of amides is 1. The second-order valence-electron chi connectivity index (χ2n) is 5.77. The molecule has 0 radical (unpaired) electrons. The fourth-order valence-electron chi connectivity index (χ4n) is 2.64. The molecule has 24 heavy (non-hydrogen) atoms. The van der Waals surface area contributed by atoms with Crippen LogP contribution < -0.4 is 10.9 Å². The SMILES string of the molecule is Cc1cccc2c(=O)n(CCC(=O)NC(C)c3cccs3)cnc12. The first-order valence-corrected chi connectivity index (χ1v) is 8.72. The van der Waals surface area contributed by atoms with Gasteiger partial charge in [0, 0.05) is 17.8 Å². The standard InChI is InChI=1S/C18H19N3O2S/c1-12-5-3-6-14-17(12)19-11-21(18(14)23)9-8-16(22)20-13(2)15-7-4-10-24-15/h3-7,10-11,13H,8-9H2,1-2H3,(H,20,22). The van der Waals surface area contributed by atoms with Crippen molar-refractivity contribution in [3.63, 3.8) is 0 Å². The minimum atomic E-state index is -0.109. The molecule has 1 N–H and O–H groups in total. The molecule has 1 amide bonds. The van der Waals surface area contributed by atoms with E-state index in [-0.39, 0.29) is 23.9 Å². The monoisotopic (exact) mass is 341 g/mol. The topological polar surface area (TPSA) is 64.0 Å². The Kier molecular flexibility index (Phi) is 4.76. The molecular weight excluding hydrogens is 322 g/mol. The van der Waals surface area contributed by atoms with Crippen LogP contribution in [0.1, 0.15) is 29.8 Å². The Morgan fingerprint density at radius 2 is 2.17 bits per heavy atom. The van der Waals surface area contributed by atoms with E-state index in [9.17, 15) is 9.59 Å². The molecule has 0 aliphatic carbocycles. The van der Waals surface area contributed by atoms with Gasteiger partial charge in [-0.25, -0.2) is 4.98 Å². The largest absolute Gasteiger partial charge is 0.349 e. The first kappa shape index (κ1) is 16.4. The van der Waals surface area contributed by atoms with E-state index in [0.717, 1.165) is 16.0 Å². The maximum absolute atomic E-state index is 12.5. The molecule has 5 nitrogen and oxygen atoms in total. The lowest BCUT2D eigenvalue weighted by Gasteiger charge is -2.13. The van der Waals surface area contributed by atoms with Crippen molar-refractivity contribution in [1.82, 2.24) is 14.9 Å². The Hall–Kier alpha value is -2.47. The second-order valence-corrected chi connectivity index (χ2v) is 6.75. The van der Waals surface area contributed by atoms with Crippen LogP contribution in [0.5, 0.6) is 0 Å². The number of carbonyl (C=O) groups is 1. The quantitative estimate of drug-likeness (QED) is 0.776. The van der Waals surface area contributed by atoms with Gasteiger partial charge in [0.1, 0.15) is 0 Å². The summed E-state index contributed by atoms with van der Waals surface area (Å²) in [7, 11) is 0. The van der Waals surface area contributed by atoms with Gasteiger partial charge in [0.05, 0.1) is 23.3 Å². The van der Waals surface area contributed by atoms with Crippen molar-refractivity contribution in [3.05, 3.63) is 62.8 Å². The molecule has 0 spiro atoms. The summed E-state index contributed by atoms with van der Waals surface area (Å²) in [5.74, 6) is -0.0767. The summed E-state index contributed by atoms with van der Waals surface area (Å²) in [5.41, 5.74) is 1.58. The molecule has 6 heteroatoms. The average molecular weight is 341 g/mol. The van der Waals surface area contributed by atoms with E-state index in [1.807, 2.05) is 43.5 Å². The zero-order valence-electron chi connectivity index (χ0n) is 13.7. The van der Waals surface area contributed by atoms with E-state index in [1.165, 1.54) is 10.9 Å². The van der Waals surface area contributed by atoms with Crippen LogP contribution in [-0.4, -0.2) is 15.5 Å². The zero-order valence-corrected chi connectivity index (χ0v) is 14.5. The molecule has 0 aliphatic heterocycles. The molecule has 3 aromatic rings. The van der Waals surface area contributed by atoms with Crippen LogP contribution in [0.15, 0.2) is 46.8 Å². The van der Waals surface area contributed by atoms with Gasteiger partial charge in [-0.1, -0.05) is 18.2 Å². The molecule has 0 saturated carbocycles. The molecule has 0 bridgehead atoms. The summed E-state index contributed by atoms with van der Waals surface area (Å²) >= 11 is 1.61. The lowest BCUT2D eigenvalue weighted by atomic mass is 10.1. The highest BCUT2D eigenvalue weighted by atomic mass is 32.1. The van der Waals surface area contributed by atoms with Crippen molar-refractivity contribution >= 4 is 28.1 Å². The number of nitrogens with zero attached hydrogens (tertiary/aromatic N) is 2. The third-order valence-electron chi connectivity index (χ3n) is 3.98. The number of carbonyl (C=O) groups excluding carboxylic acids is 1. The van der Waals surface area contributed by atoms with Crippen molar-refractivity contribution < 1.29 is 4.79 Å². The normalized spacial score (nSPS) is 12.2. The smallest absolute Gasteiger partial charge is 0.261 e. The van der Waals surface area contributed by atoms with Gasteiger partial charge in [-0.05, 0) is 36.9 Å². The van der Waals surface area contributed by atoms with Gasteiger partial charge < -0.3 is 5.32 Å². The summed E-state index contributed by atoms with van der Waals surface area (Å²) in [5, 5.41) is 5.53. The van der Waals surface area contributed by atoms with Crippen LogP contribution in [0.2, 0.25) is 0 Å². The Balaban J connectivity index is 1.68. The summed E-state index contributed by atoms with van der Waals surface area (Å²) < 4.78 is 1.50. The number of aryl methyl sites for hydroxylation is 2. The number of aromatic nitrogens is 2. The molecule has 1 unspecified atom stereocenters. The molecular formula is C18H19N3O2S. The second kappa shape index (κ2) is 6.97. The van der Waals surface area contributed by atoms with Gasteiger partial charge in [0.25, 0.3) is 5.56 Å². The predicted molar refractivity (Wildman–Crippen MR) is 96.2 cm³/mol. The van der Waals surface area contributed by atoms with Crippen LogP contribution in [0.25, 0.3) is 10.9 Å². The minimum Gasteiger partial charge on any atom is -0.349 e. The van der Waals surface area contributed by atoms with Gasteiger partial charge in [-0.2, -0.15) is 0 Å². The first-order chi connectivity index (χ1) is 11.6. The maximum atomic E-state index is 12.5. The van der Waals surface area contributed by atoms with E-state index in [0.29, 0.717) is 11.9 Å². The summed E-state index contributed by atoms with van der Waals surface area (Å²) in [6.07, 6.45) is 1.77. The molecule has 3 rings (SSSR count). The fourth-order valence-corrected chi connectivity index (χ4v) is 3.38. The van der Waals surface area contributed by atoms with Crippen LogP contribution in [0, 0.1) is 6.92 Å². The predicted octanol–water partition coefficient (Wildman–Crippen LogP) is 3.03. The van der Waals surface area contributed by atoms with Crippen molar-refractivity contribution in [1.29, 1.82) is 0 Å². The number of benzene rings is 1. The van der Waals surface area contributed by atoms with Gasteiger partial charge in [-0.3, -0.25) is 14.2 Å². The van der Waals surface area contributed by atoms with Crippen molar-refractivity contribution in [2.24, 2.45) is 0 Å². The Morgan fingerprint density at radius 3 is 2.92 bits per heavy atom.